The molecule has 0 radical (unpaired) electrons. The number of benzene rings is 2. The lowest BCUT2D eigenvalue weighted by Gasteiger charge is -2.10. The van der Waals surface area contributed by atoms with Crippen LogP contribution in [0.5, 0.6) is 0 Å². The second-order valence-electron chi connectivity index (χ2n) is 9.57. The third-order valence-electron chi connectivity index (χ3n) is 5.97. The van der Waals surface area contributed by atoms with Crippen LogP contribution in [0, 0.1) is 0 Å². The SMILES string of the molecule is CCCCCCCCOC(=O)c1ccccc1C(=O)OCCCCCCCC.OCCOCCO.c1ccccc1. The molecule has 7 nitrogen and oxygen atoms in total. The fraction of sp³-hybridized carbons (Fsp3) is 0.588. The van der Waals surface area contributed by atoms with Gasteiger partial charge in [-0.15, -0.1) is 0 Å². The van der Waals surface area contributed by atoms with Crippen molar-refractivity contribution in [1.29, 1.82) is 0 Å². The first-order valence-corrected chi connectivity index (χ1v) is 15.3. The molecule has 2 N–H and O–H groups in total. The van der Waals surface area contributed by atoms with E-state index in [4.69, 9.17) is 19.7 Å². The molecule has 232 valence electrons. The summed E-state index contributed by atoms with van der Waals surface area (Å²) in [6, 6.07) is 18.7. The van der Waals surface area contributed by atoms with Crippen molar-refractivity contribution in [3.05, 3.63) is 71.8 Å². The van der Waals surface area contributed by atoms with Crippen molar-refractivity contribution in [3.63, 3.8) is 0 Å². The molecule has 0 bridgehead atoms. The average molecular weight is 575 g/mol. The molecule has 0 fully saturated rings. The summed E-state index contributed by atoms with van der Waals surface area (Å²) < 4.78 is 15.4. The number of ether oxygens (including phenoxy) is 3. The van der Waals surface area contributed by atoms with E-state index in [-0.39, 0.29) is 13.2 Å². The fourth-order valence-electron chi connectivity index (χ4n) is 3.71. The summed E-state index contributed by atoms with van der Waals surface area (Å²) in [6.07, 6.45) is 13.6. The van der Waals surface area contributed by atoms with Gasteiger partial charge in [0.05, 0.1) is 50.8 Å². The number of esters is 2. The van der Waals surface area contributed by atoms with Gasteiger partial charge in [0.25, 0.3) is 0 Å². The number of carbonyl (C=O) groups is 2. The highest BCUT2D eigenvalue weighted by molar-refractivity contribution is 6.03. The van der Waals surface area contributed by atoms with E-state index in [1.807, 2.05) is 36.4 Å². The van der Waals surface area contributed by atoms with Gasteiger partial charge in [0.15, 0.2) is 0 Å². The number of hydrogen-bond acceptors (Lipinski definition) is 7. The molecule has 0 aliphatic carbocycles. The van der Waals surface area contributed by atoms with E-state index in [0.29, 0.717) is 37.6 Å². The molecule has 7 heteroatoms. The van der Waals surface area contributed by atoms with Crippen molar-refractivity contribution >= 4 is 11.9 Å². The van der Waals surface area contributed by atoms with E-state index in [1.54, 1.807) is 24.3 Å². The number of aliphatic hydroxyl groups excluding tert-OH is 2. The Balaban J connectivity index is 0.00000100. The Hall–Kier alpha value is -2.74. The maximum Gasteiger partial charge on any atom is 0.339 e. The number of aliphatic hydroxyl groups is 2. The lowest BCUT2D eigenvalue weighted by molar-refractivity contribution is 0.0450. The largest absolute Gasteiger partial charge is 0.462 e. The van der Waals surface area contributed by atoms with Gasteiger partial charge in [0.2, 0.25) is 0 Å². The van der Waals surface area contributed by atoms with Crippen LogP contribution in [0.25, 0.3) is 0 Å². The maximum atomic E-state index is 12.4. The third-order valence-corrected chi connectivity index (χ3v) is 5.97. The average Bonchev–Trinajstić information content (AvgIpc) is 3.01. The van der Waals surface area contributed by atoms with E-state index in [0.717, 1.165) is 25.7 Å². The van der Waals surface area contributed by atoms with Crippen LogP contribution in [0.2, 0.25) is 0 Å². The molecule has 0 heterocycles. The quantitative estimate of drug-likeness (QED) is 0.125. The van der Waals surface area contributed by atoms with Gasteiger partial charge in [-0.3, -0.25) is 0 Å². The van der Waals surface area contributed by atoms with Crippen LogP contribution in [0.15, 0.2) is 60.7 Å². The number of unbranched alkanes of at least 4 members (excludes halogenated alkanes) is 10. The zero-order chi connectivity index (χ0) is 30.2. The van der Waals surface area contributed by atoms with Gasteiger partial charge < -0.3 is 24.4 Å². The molecule has 2 aromatic carbocycles. The molecule has 2 aromatic rings. The van der Waals surface area contributed by atoms with E-state index < -0.39 is 11.9 Å². The van der Waals surface area contributed by atoms with E-state index >= 15 is 0 Å². The predicted molar refractivity (Wildman–Crippen MR) is 165 cm³/mol. The van der Waals surface area contributed by atoms with Crippen LogP contribution in [0.3, 0.4) is 0 Å². The Kier molecular flexibility index (Phi) is 28.2. The molecule has 0 spiro atoms. The standard InChI is InChI=1S/C24H38O4.C6H6.C4H10O3/c1-3-5-7-9-11-15-19-27-23(25)21-17-13-14-18-22(21)24(26)28-20-16-12-10-8-6-4-2;1-2-4-6-5-3-1;5-1-3-7-4-2-6/h13-14,17-18H,3-12,15-16,19-20H2,1-2H3;1-6H;5-6H,1-4H2. The Labute approximate surface area is 248 Å². The summed E-state index contributed by atoms with van der Waals surface area (Å²) in [6.45, 7) is 5.87. The lowest BCUT2D eigenvalue weighted by Crippen LogP contribution is -2.15. The molecule has 0 atom stereocenters. The Morgan fingerprint density at radius 1 is 0.512 bits per heavy atom. The molecule has 0 aliphatic heterocycles. The maximum absolute atomic E-state index is 12.4. The molecule has 0 unspecified atom stereocenters. The van der Waals surface area contributed by atoms with Crippen LogP contribution >= 0.6 is 0 Å². The van der Waals surface area contributed by atoms with Gasteiger partial charge in [-0.25, -0.2) is 9.59 Å². The Morgan fingerprint density at radius 2 is 0.854 bits per heavy atom. The molecule has 0 aliphatic rings. The zero-order valence-electron chi connectivity index (χ0n) is 25.4. The first kappa shape index (κ1) is 38.3. The van der Waals surface area contributed by atoms with Gasteiger partial charge in [-0.1, -0.05) is 127 Å². The number of carbonyl (C=O) groups excluding carboxylic acids is 2. The summed E-state index contributed by atoms with van der Waals surface area (Å²) in [4.78, 5) is 24.7. The molecule has 0 amide bonds. The molecule has 41 heavy (non-hydrogen) atoms. The summed E-state index contributed by atoms with van der Waals surface area (Å²) in [5.74, 6) is -0.888. The first-order chi connectivity index (χ1) is 20.1. The van der Waals surface area contributed by atoms with Crippen molar-refractivity contribution in [2.75, 3.05) is 39.6 Å². The molecular weight excluding hydrogens is 520 g/mol. The minimum absolute atomic E-state index is 0.0278. The summed E-state index contributed by atoms with van der Waals surface area (Å²) in [7, 11) is 0. The van der Waals surface area contributed by atoms with Gasteiger partial charge in [0.1, 0.15) is 0 Å². The highest BCUT2D eigenvalue weighted by Crippen LogP contribution is 2.14. The second-order valence-corrected chi connectivity index (χ2v) is 9.57. The van der Waals surface area contributed by atoms with Crippen molar-refractivity contribution in [2.45, 2.75) is 90.9 Å². The van der Waals surface area contributed by atoms with Crippen LogP contribution in [0.1, 0.15) is 112 Å². The monoisotopic (exact) mass is 574 g/mol. The van der Waals surface area contributed by atoms with Crippen LogP contribution in [-0.2, 0) is 14.2 Å². The molecule has 0 aromatic heterocycles. The van der Waals surface area contributed by atoms with Gasteiger partial charge in [-0.05, 0) is 25.0 Å². The molecule has 2 rings (SSSR count). The highest BCUT2D eigenvalue weighted by Gasteiger charge is 2.18. The summed E-state index contributed by atoms with van der Waals surface area (Å²) >= 11 is 0. The third kappa shape index (κ3) is 23.6. The van der Waals surface area contributed by atoms with Crippen LogP contribution in [0.4, 0.5) is 0 Å². The predicted octanol–water partition coefficient (Wildman–Crippen LogP) is 7.40. The van der Waals surface area contributed by atoms with Crippen molar-refractivity contribution in [2.24, 2.45) is 0 Å². The Bertz CT molecular complexity index is 762. The first-order valence-electron chi connectivity index (χ1n) is 15.3. The van der Waals surface area contributed by atoms with Crippen LogP contribution < -0.4 is 0 Å². The highest BCUT2D eigenvalue weighted by atomic mass is 16.5. The van der Waals surface area contributed by atoms with E-state index in [1.165, 1.54) is 51.4 Å². The molecule has 0 saturated heterocycles. The summed E-state index contributed by atoms with van der Waals surface area (Å²) in [5.41, 5.74) is 0.586. The number of rotatable bonds is 20. The smallest absolute Gasteiger partial charge is 0.339 e. The summed E-state index contributed by atoms with van der Waals surface area (Å²) in [5, 5.41) is 16.2. The Morgan fingerprint density at radius 3 is 1.20 bits per heavy atom. The topological polar surface area (TPSA) is 102 Å². The van der Waals surface area contributed by atoms with Crippen molar-refractivity contribution in [3.8, 4) is 0 Å². The second kappa shape index (κ2) is 30.2. The van der Waals surface area contributed by atoms with Gasteiger partial charge >= 0.3 is 11.9 Å². The van der Waals surface area contributed by atoms with E-state index in [9.17, 15) is 9.59 Å². The zero-order valence-corrected chi connectivity index (χ0v) is 25.4. The van der Waals surface area contributed by atoms with Gasteiger partial charge in [0, 0.05) is 0 Å². The number of hydrogen-bond donors (Lipinski definition) is 2. The van der Waals surface area contributed by atoms with Gasteiger partial charge in [-0.2, -0.15) is 0 Å². The van der Waals surface area contributed by atoms with Crippen molar-refractivity contribution < 1.29 is 34.0 Å². The molecular formula is C34H54O7. The van der Waals surface area contributed by atoms with Crippen molar-refractivity contribution in [1.82, 2.24) is 0 Å². The molecule has 0 saturated carbocycles. The minimum atomic E-state index is -0.444. The normalized spacial score (nSPS) is 10.0. The van der Waals surface area contributed by atoms with E-state index in [2.05, 4.69) is 18.6 Å². The minimum Gasteiger partial charge on any atom is -0.462 e. The fourth-order valence-corrected chi connectivity index (χ4v) is 3.71. The van der Waals surface area contributed by atoms with Crippen LogP contribution in [-0.4, -0.2) is 61.8 Å². The lowest BCUT2D eigenvalue weighted by atomic mass is 10.1.